The Kier molecular flexibility index (Phi) is 3.63. The molecule has 1 N–H and O–H groups in total. The number of nitrogens with zero attached hydrogens (tertiary/aromatic N) is 3. The maximum absolute atomic E-state index is 4.35. The van der Waals surface area contributed by atoms with Gasteiger partial charge in [0, 0.05) is 36.9 Å². The lowest BCUT2D eigenvalue weighted by Gasteiger charge is -2.39. The summed E-state index contributed by atoms with van der Waals surface area (Å²) in [5, 5.41) is 8.04. The third kappa shape index (κ3) is 2.43. The van der Waals surface area contributed by atoms with E-state index in [0.29, 0.717) is 6.04 Å². The zero-order valence-electron chi connectivity index (χ0n) is 12.3. The van der Waals surface area contributed by atoms with Gasteiger partial charge in [-0.3, -0.25) is 4.68 Å². The van der Waals surface area contributed by atoms with Crippen LogP contribution < -0.4 is 5.32 Å². The zero-order valence-corrected chi connectivity index (χ0v) is 12.3. The number of aromatic nitrogens is 2. The molecule has 0 aliphatic carbocycles. The summed E-state index contributed by atoms with van der Waals surface area (Å²) in [5.41, 5.74) is 1.36. The van der Waals surface area contributed by atoms with Crippen LogP contribution in [0.2, 0.25) is 0 Å². The van der Waals surface area contributed by atoms with Crippen LogP contribution >= 0.6 is 0 Å². The number of hydrogen-bond acceptors (Lipinski definition) is 3. The number of aryl methyl sites for hydroxylation is 1. The van der Waals surface area contributed by atoms with E-state index in [2.05, 4.69) is 35.5 Å². The number of piperidine rings is 1. The fourth-order valence-electron chi connectivity index (χ4n) is 4.10. The van der Waals surface area contributed by atoms with E-state index in [1.54, 1.807) is 0 Å². The third-order valence-corrected chi connectivity index (χ3v) is 5.11. The maximum atomic E-state index is 4.35. The maximum Gasteiger partial charge on any atom is 0.0537 e. The van der Waals surface area contributed by atoms with Crippen LogP contribution in [0.15, 0.2) is 12.4 Å². The smallest absolute Gasteiger partial charge is 0.0537 e. The second kappa shape index (κ2) is 5.25. The lowest BCUT2D eigenvalue weighted by molar-refractivity contribution is 0.113. The highest BCUT2D eigenvalue weighted by molar-refractivity contribution is 5.13. The van der Waals surface area contributed by atoms with E-state index in [1.165, 1.54) is 31.2 Å². The molecule has 3 unspecified atom stereocenters. The van der Waals surface area contributed by atoms with Gasteiger partial charge in [-0.15, -0.1) is 0 Å². The van der Waals surface area contributed by atoms with Crippen molar-refractivity contribution < 1.29 is 0 Å². The molecule has 4 nitrogen and oxygen atoms in total. The highest BCUT2D eigenvalue weighted by Crippen LogP contribution is 2.42. The third-order valence-electron chi connectivity index (χ3n) is 5.11. The van der Waals surface area contributed by atoms with Crippen molar-refractivity contribution in [2.45, 2.75) is 50.7 Å². The first-order valence-electron chi connectivity index (χ1n) is 7.63. The number of nitrogens with one attached hydrogen (secondary N) is 1. The van der Waals surface area contributed by atoms with Crippen LogP contribution in [0, 0.1) is 5.92 Å². The first-order valence-corrected chi connectivity index (χ1v) is 7.63. The van der Waals surface area contributed by atoms with Crippen molar-refractivity contribution in [1.82, 2.24) is 20.0 Å². The summed E-state index contributed by atoms with van der Waals surface area (Å²) in [6.07, 6.45) is 9.66. The first kappa shape index (κ1) is 13.1. The van der Waals surface area contributed by atoms with Crippen LogP contribution in [-0.2, 0) is 7.05 Å². The van der Waals surface area contributed by atoms with Crippen molar-refractivity contribution in [2.24, 2.45) is 13.0 Å². The summed E-state index contributed by atoms with van der Waals surface area (Å²) in [6, 6.07) is 2.10. The molecule has 2 fully saturated rings. The Morgan fingerprint density at radius 3 is 2.53 bits per heavy atom. The largest absolute Gasteiger partial charge is 0.310 e. The molecule has 1 aromatic heterocycles. The average Bonchev–Trinajstić information content (AvgIpc) is 2.87. The van der Waals surface area contributed by atoms with Gasteiger partial charge in [0.2, 0.25) is 0 Å². The number of hydrogen-bond donors (Lipinski definition) is 1. The van der Waals surface area contributed by atoms with Gasteiger partial charge in [-0.2, -0.15) is 5.10 Å². The van der Waals surface area contributed by atoms with E-state index < -0.39 is 0 Å². The van der Waals surface area contributed by atoms with Crippen LogP contribution in [0.1, 0.15) is 44.2 Å². The minimum atomic E-state index is 0.482. The fraction of sp³-hybridized carbons (Fsp3) is 0.800. The van der Waals surface area contributed by atoms with E-state index in [4.69, 9.17) is 0 Å². The van der Waals surface area contributed by atoms with Gasteiger partial charge in [0.15, 0.2) is 0 Å². The van der Waals surface area contributed by atoms with Gasteiger partial charge in [-0.1, -0.05) is 6.92 Å². The second-order valence-electron chi connectivity index (χ2n) is 6.26. The summed E-state index contributed by atoms with van der Waals surface area (Å²) < 4.78 is 1.92. The molecule has 2 aliphatic rings. The molecule has 0 aromatic carbocycles. The Hall–Kier alpha value is -0.870. The molecule has 3 atom stereocenters. The predicted molar refractivity (Wildman–Crippen MR) is 76.9 cm³/mol. The van der Waals surface area contributed by atoms with E-state index in [0.717, 1.165) is 24.5 Å². The van der Waals surface area contributed by atoms with Gasteiger partial charge in [-0.25, -0.2) is 0 Å². The molecule has 2 aliphatic heterocycles. The van der Waals surface area contributed by atoms with Gasteiger partial charge in [0.25, 0.3) is 0 Å². The average molecular weight is 262 g/mol. The molecule has 3 rings (SSSR count). The monoisotopic (exact) mass is 262 g/mol. The van der Waals surface area contributed by atoms with Crippen molar-refractivity contribution in [3.63, 3.8) is 0 Å². The van der Waals surface area contributed by atoms with E-state index in [1.807, 2.05) is 17.9 Å². The molecule has 106 valence electrons. The highest BCUT2D eigenvalue weighted by Gasteiger charge is 2.41. The van der Waals surface area contributed by atoms with Crippen molar-refractivity contribution in [2.75, 3.05) is 13.6 Å². The van der Waals surface area contributed by atoms with Crippen molar-refractivity contribution in [3.8, 4) is 0 Å². The lowest BCUT2D eigenvalue weighted by Crippen LogP contribution is -2.43. The SMILES string of the molecule is CCNC(c1cnn(C)c1)C1CC2CCC(C1)N2C. The first-order chi connectivity index (χ1) is 9.19. The van der Waals surface area contributed by atoms with Crippen molar-refractivity contribution in [3.05, 3.63) is 18.0 Å². The zero-order chi connectivity index (χ0) is 13.4. The second-order valence-corrected chi connectivity index (χ2v) is 6.26. The van der Waals surface area contributed by atoms with E-state index in [-0.39, 0.29) is 0 Å². The van der Waals surface area contributed by atoms with Gasteiger partial charge >= 0.3 is 0 Å². The van der Waals surface area contributed by atoms with Gasteiger partial charge in [0.05, 0.1) is 6.20 Å². The quantitative estimate of drug-likeness (QED) is 0.900. The molecular formula is C15H26N4. The van der Waals surface area contributed by atoms with Gasteiger partial charge < -0.3 is 10.2 Å². The molecule has 1 aromatic rings. The summed E-state index contributed by atoms with van der Waals surface area (Å²) >= 11 is 0. The molecule has 0 amide bonds. The van der Waals surface area contributed by atoms with Gasteiger partial charge in [0.1, 0.15) is 0 Å². The number of fused-ring (bicyclic) bond motifs is 2. The highest BCUT2D eigenvalue weighted by atomic mass is 15.2. The Morgan fingerprint density at radius 1 is 1.32 bits per heavy atom. The van der Waals surface area contributed by atoms with Crippen LogP contribution in [-0.4, -0.2) is 40.4 Å². The van der Waals surface area contributed by atoms with Crippen molar-refractivity contribution in [1.29, 1.82) is 0 Å². The Morgan fingerprint density at radius 2 is 2.00 bits per heavy atom. The predicted octanol–water partition coefficient (Wildman–Crippen LogP) is 1.94. The minimum absolute atomic E-state index is 0.482. The topological polar surface area (TPSA) is 33.1 Å². The normalized spacial score (nSPS) is 32.7. The molecular weight excluding hydrogens is 236 g/mol. The fourth-order valence-corrected chi connectivity index (χ4v) is 4.10. The van der Waals surface area contributed by atoms with Crippen LogP contribution in [0.25, 0.3) is 0 Å². The summed E-state index contributed by atoms with van der Waals surface area (Å²) in [5.74, 6) is 0.762. The number of rotatable bonds is 4. The van der Waals surface area contributed by atoms with Crippen LogP contribution in [0.3, 0.4) is 0 Å². The van der Waals surface area contributed by atoms with E-state index >= 15 is 0 Å². The Balaban J connectivity index is 1.78. The standard InChI is InChI=1S/C15H26N4/c1-4-16-15(12-9-17-18(2)10-12)11-7-13-5-6-14(8-11)19(13)3/h9-11,13-16H,4-8H2,1-3H3. The summed E-state index contributed by atoms with van der Waals surface area (Å²) in [6.45, 7) is 3.23. The Labute approximate surface area is 116 Å². The molecule has 19 heavy (non-hydrogen) atoms. The molecule has 2 saturated heterocycles. The molecule has 2 bridgehead atoms. The summed E-state index contributed by atoms with van der Waals surface area (Å²) in [7, 11) is 4.32. The van der Waals surface area contributed by atoms with Crippen LogP contribution in [0.4, 0.5) is 0 Å². The van der Waals surface area contributed by atoms with Crippen LogP contribution in [0.5, 0.6) is 0 Å². The van der Waals surface area contributed by atoms with Crippen molar-refractivity contribution >= 4 is 0 Å². The Bertz CT molecular complexity index is 414. The lowest BCUT2D eigenvalue weighted by atomic mass is 9.83. The summed E-state index contributed by atoms with van der Waals surface area (Å²) in [4.78, 5) is 2.61. The molecule has 0 spiro atoms. The molecule has 3 heterocycles. The molecule has 0 saturated carbocycles. The van der Waals surface area contributed by atoms with Gasteiger partial charge in [-0.05, 0) is 45.2 Å². The molecule has 4 heteroatoms. The minimum Gasteiger partial charge on any atom is -0.310 e. The molecule has 0 radical (unpaired) electrons. The van der Waals surface area contributed by atoms with E-state index in [9.17, 15) is 0 Å².